The van der Waals surface area contributed by atoms with Crippen LogP contribution in [-0.4, -0.2) is 0 Å². The highest BCUT2D eigenvalue weighted by Gasteiger charge is 2.47. The highest BCUT2D eigenvalue weighted by atomic mass is 15.2. The molecule has 9 aromatic carbocycles. The Kier molecular flexibility index (Phi) is 9.29. The van der Waals surface area contributed by atoms with Crippen molar-refractivity contribution in [1.29, 1.82) is 0 Å². The monoisotopic (exact) mass is 754 g/mol. The Bertz CT molecular complexity index is 2810. The lowest BCUT2D eigenvalue weighted by atomic mass is 9.67. The second-order valence-corrected chi connectivity index (χ2v) is 15.0. The summed E-state index contributed by atoms with van der Waals surface area (Å²) >= 11 is 0. The Hall–Kier alpha value is -7.68. The molecule has 2 nitrogen and oxygen atoms in total. The largest absolute Gasteiger partial charge is 0.310 e. The third-order valence-electron chi connectivity index (χ3n) is 11.7. The summed E-state index contributed by atoms with van der Waals surface area (Å²) in [6, 6.07) is 85.7. The number of fused-ring (bicyclic) bond motifs is 3. The van der Waals surface area contributed by atoms with Crippen molar-refractivity contribution in [1.82, 2.24) is 0 Å². The second-order valence-electron chi connectivity index (χ2n) is 15.0. The van der Waals surface area contributed by atoms with Crippen LogP contribution >= 0.6 is 0 Å². The topological polar surface area (TPSA) is 6.48 Å². The summed E-state index contributed by atoms with van der Waals surface area (Å²) in [5.74, 6) is 0. The van der Waals surface area contributed by atoms with Gasteiger partial charge in [0.1, 0.15) is 0 Å². The Balaban J connectivity index is 1.26. The first kappa shape index (κ1) is 35.7. The number of para-hydroxylation sites is 2. The third kappa shape index (κ3) is 6.23. The highest BCUT2D eigenvalue weighted by molar-refractivity contribution is 5.99. The molecular weight excluding hydrogens is 713 g/mol. The summed E-state index contributed by atoms with van der Waals surface area (Å²) in [7, 11) is 0. The van der Waals surface area contributed by atoms with Crippen LogP contribution in [0.15, 0.2) is 243 Å². The molecule has 0 aliphatic heterocycles. The molecule has 0 saturated carbocycles. The normalized spacial score (nSPS) is 12.3. The summed E-state index contributed by atoms with van der Waals surface area (Å²) in [6.45, 7) is 4.01. The van der Waals surface area contributed by atoms with Gasteiger partial charge >= 0.3 is 0 Å². The van der Waals surface area contributed by atoms with Gasteiger partial charge in [0.25, 0.3) is 0 Å². The first-order valence-electron chi connectivity index (χ1n) is 20.2. The van der Waals surface area contributed by atoms with Crippen molar-refractivity contribution in [2.45, 2.75) is 5.41 Å². The van der Waals surface area contributed by atoms with Crippen molar-refractivity contribution >= 4 is 40.2 Å². The van der Waals surface area contributed by atoms with Gasteiger partial charge in [0.2, 0.25) is 0 Å². The van der Waals surface area contributed by atoms with Crippen LogP contribution in [0.3, 0.4) is 0 Å². The van der Waals surface area contributed by atoms with E-state index >= 15 is 0 Å². The van der Waals surface area contributed by atoms with E-state index < -0.39 is 5.41 Å². The van der Waals surface area contributed by atoms with Crippen LogP contribution in [-0.2, 0) is 5.41 Å². The number of benzene rings is 9. The summed E-state index contributed by atoms with van der Waals surface area (Å²) in [5.41, 5.74) is 16.8. The van der Waals surface area contributed by atoms with Gasteiger partial charge in [-0.05, 0) is 111 Å². The maximum atomic E-state index is 4.01. The fourth-order valence-corrected chi connectivity index (χ4v) is 9.06. The van der Waals surface area contributed by atoms with Gasteiger partial charge < -0.3 is 9.80 Å². The zero-order chi connectivity index (χ0) is 39.6. The lowest BCUT2D eigenvalue weighted by molar-refractivity contribution is 0.768. The second kappa shape index (κ2) is 15.3. The van der Waals surface area contributed by atoms with E-state index in [2.05, 4.69) is 253 Å². The molecule has 0 atom stereocenters. The number of anilines is 6. The SMILES string of the molecule is C=Cc1ccc(N(c2ccccc2)c2ccc3c(c2)-c2c(N(c4ccccc4)c4ccc(-c5ccccc5)cc4)cccc2C3(c2ccccc2)c2ccccc2)cc1. The molecule has 1 aliphatic carbocycles. The molecule has 0 unspecified atom stereocenters. The lowest BCUT2D eigenvalue weighted by Gasteiger charge is -2.34. The molecule has 0 N–H and O–H groups in total. The van der Waals surface area contributed by atoms with Gasteiger partial charge in [-0.1, -0.05) is 183 Å². The summed E-state index contributed by atoms with van der Waals surface area (Å²) in [5, 5.41) is 0. The van der Waals surface area contributed by atoms with Crippen molar-refractivity contribution in [2.24, 2.45) is 0 Å². The molecule has 0 amide bonds. The highest BCUT2D eigenvalue weighted by Crippen LogP contribution is 2.60. The number of nitrogens with zero attached hydrogens (tertiary/aromatic N) is 2. The molecule has 1 aliphatic rings. The van der Waals surface area contributed by atoms with Crippen LogP contribution < -0.4 is 9.80 Å². The van der Waals surface area contributed by atoms with E-state index in [4.69, 9.17) is 0 Å². The van der Waals surface area contributed by atoms with E-state index in [0.717, 1.165) is 39.7 Å². The van der Waals surface area contributed by atoms with Crippen molar-refractivity contribution in [3.05, 3.63) is 271 Å². The van der Waals surface area contributed by atoms with Crippen LogP contribution in [0, 0.1) is 0 Å². The third-order valence-corrected chi connectivity index (χ3v) is 11.7. The van der Waals surface area contributed by atoms with E-state index in [1.165, 1.54) is 44.5 Å². The van der Waals surface area contributed by atoms with Gasteiger partial charge in [-0.25, -0.2) is 0 Å². The van der Waals surface area contributed by atoms with Crippen molar-refractivity contribution in [3.8, 4) is 22.3 Å². The van der Waals surface area contributed by atoms with Crippen molar-refractivity contribution < 1.29 is 0 Å². The molecule has 0 aromatic heterocycles. The minimum atomic E-state index is -0.579. The van der Waals surface area contributed by atoms with Crippen LogP contribution in [0.25, 0.3) is 28.3 Å². The predicted octanol–water partition coefficient (Wildman–Crippen LogP) is 15.3. The van der Waals surface area contributed by atoms with E-state index in [9.17, 15) is 0 Å². The van der Waals surface area contributed by atoms with Crippen molar-refractivity contribution in [2.75, 3.05) is 9.80 Å². The molecule has 0 radical (unpaired) electrons. The molecule has 0 spiro atoms. The number of hydrogen-bond donors (Lipinski definition) is 0. The molecule has 9 aromatic rings. The van der Waals surface area contributed by atoms with Crippen LogP contribution in [0.4, 0.5) is 34.1 Å². The first-order chi connectivity index (χ1) is 29.2. The van der Waals surface area contributed by atoms with Gasteiger partial charge in [-0.2, -0.15) is 0 Å². The Morgan fingerprint density at radius 2 is 0.814 bits per heavy atom. The maximum absolute atomic E-state index is 4.01. The Morgan fingerprint density at radius 1 is 0.356 bits per heavy atom. The van der Waals surface area contributed by atoms with E-state index in [-0.39, 0.29) is 0 Å². The van der Waals surface area contributed by atoms with E-state index in [1.54, 1.807) is 0 Å². The van der Waals surface area contributed by atoms with Gasteiger partial charge in [0.05, 0.1) is 11.1 Å². The molecule has 59 heavy (non-hydrogen) atoms. The summed E-state index contributed by atoms with van der Waals surface area (Å²) in [4.78, 5) is 4.79. The molecule has 0 heterocycles. The zero-order valence-electron chi connectivity index (χ0n) is 32.7. The average molecular weight is 755 g/mol. The fraction of sp³-hybridized carbons (Fsp3) is 0.0175. The summed E-state index contributed by atoms with van der Waals surface area (Å²) < 4.78 is 0. The smallest absolute Gasteiger partial charge is 0.0714 e. The van der Waals surface area contributed by atoms with Crippen molar-refractivity contribution in [3.63, 3.8) is 0 Å². The molecule has 0 saturated heterocycles. The maximum Gasteiger partial charge on any atom is 0.0714 e. The quantitative estimate of drug-likeness (QED) is 0.137. The molecule has 10 rings (SSSR count). The van der Waals surface area contributed by atoms with Gasteiger partial charge in [0, 0.05) is 34.0 Å². The molecular formula is C57H42N2. The van der Waals surface area contributed by atoms with E-state index in [0.29, 0.717) is 0 Å². The van der Waals surface area contributed by atoms with E-state index in [1.807, 2.05) is 6.08 Å². The van der Waals surface area contributed by atoms with Crippen LogP contribution in [0.5, 0.6) is 0 Å². The number of rotatable bonds is 10. The minimum Gasteiger partial charge on any atom is -0.310 e. The predicted molar refractivity (Wildman–Crippen MR) is 249 cm³/mol. The molecule has 280 valence electrons. The number of hydrogen-bond acceptors (Lipinski definition) is 2. The van der Waals surface area contributed by atoms with Gasteiger partial charge in [-0.3, -0.25) is 0 Å². The van der Waals surface area contributed by atoms with Gasteiger partial charge in [0.15, 0.2) is 0 Å². The van der Waals surface area contributed by atoms with Gasteiger partial charge in [-0.15, -0.1) is 0 Å². The Labute approximate surface area is 347 Å². The molecule has 2 heteroatoms. The fourth-order valence-electron chi connectivity index (χ4n) is 9.06. The average Bonchev–Trinajstić information content (AvgIpc) is 3.62. The zero-order valence-corrected chi connectivity index (χ0v) is 32.7. The molecule has 0 fully saturated rings. The summed E-state index contributed by atoms with van der Waals surface area (Å²) in [6.07, 6.45) is 1.89. The molecule has 0 bridgehead atoms. The van der Waals surface area contributed by atoms with Crippen LogP contribution in [0.2, 0.25) is 0 Å². The van der Waals surface area contributed by atoms with Crippen LogP contribution in [0.1, 0.15) is 27.8 Å². The standard InChI is InChI=1S/C57H42N2/c1-2-42-31-35-49(36-32-42)58(47-25-14-6-15-26-47)51-39-40-53-52(41-51)56-54(57(53,45-21-10-4-11-22-45)46-23-12-5-13-24-46)29-18-30-55(56)59(48-27-16-7-17-28-48)50-37-33-44(34-38-50)43-19-8-3-9-20-43/h2-41H,1H2. The Morgan fingerprint density at radius 3 is 1.39 bits per heavy atom. The first-order valence-corrected chi connectivity index (χ1v) is 20.2. The lowest BCUT2D eigenvalue weighted by Crippen LogP contribution is -2.28. The minimum absolute atomic E-state index is 0.579.